The first-order valence-electron chi connectivity index (χ1n) is 5.13. The maximum Gasteiger partial charge on any atom is 0.303 e. The Kier molecular flexibility index (Phi) is 3.78. The number of carboxylic acids is 1. The highest BCUT2D eigenvalue weighted by molar-refractivity contribution is 5.85. The maximum atomic E-state index is 10.5. The number of aliphatic carboxylic acids is 1. The SMILES string of the molecule is Cl.O=C(O)CC1CCC2(CCNC2)C1. The van der Waals surface area contributed by atoms with Crippen LogP contribution >= 0.6 is 12.4 Å². The fourth-order valence-electron chi connectivity index (χ4n) is 2.93. The van der Waals surface area contributed by atoms with E-state index in [-0.39, 0.29) is 12.4 Å². The molecule has 2 aliphatic rings. The van der Waals surface area contributed by atoms with Crippen molar-refractivity contribution >= 4 is 18.4 Å². The minimum Gasteiger partial charge on any atom is -0.481 e. The van der Waals surface area contributed by atoms with Crippen LogP contribution in [-0.4, -0.2) is 24.2 Å². The van der Waals surface area contributed by atoms with Gasteiger partial charge in [-0.15, -0.1) is 12.4 Å². The highest BCUT2D eigenvalue weighted by Crippen LogP contribution is 2.46. The molecule has 1 aliphatic heterocycles. The molecule has 4 heteroatoms. The van der Waals surface area contributed by atoms with Crippen molar-refractivity contribution in [1.82, 2.24) is 5.32 Å². The lowest BCUT2D eigenvalue weighted by atomic mass is 9.84. The zero-order valence-electron chi connectivity index (χ0n) is 8.29. The van der Waals surface area contributed by atoms with Gasteiger partial charge in [0, 0.05) is 13.0 Å². The van der Waals surface area contributed by atoms with E-state index in [1.54, 1.807) is 0 Å². The first-order chi connectivity index (χ1) is 6.20. The van der Waals surface area contributed by atoms with E-state index in [9.17, 15) is 4.79 Å². The van der Waals surface area contributed by atoms with Crippen LogP contribution in [0.5, 0.6) is 0 Å². The summed E-state index contributed by atoms with van der Waals surface area (Å²) in [5.74, 6) is -0.189. The number of carboxylic acid groups (broad SMARTS) is 1. The number of hydrogen-bond donors (Lipinski definition) is 2. The molecule has 0 aromatic rings. The Morgan fingerprint density at radius 2 is 2.29 bits per heavy atom. The van der Waals surface area contributed by atoms with E-state index in [4.69, 9.17) is 5.11 Å². The van der Waals surface area contributed by atoms with Crippen LogP contribution in [-0.2, 0) is 4.79 Å². The Balaban J connectivity index is 0.000000980. The molecule has 1 saturated carbocycles. The molecule has 1 spiro atoms. The van der Waals surface area contributed by atoms with Crippen LogP contribution in [0.4, 0.5) is 0 Å². The van der Waals surface area contributed by atoms with Crippen molar-refractivity contribution in [3.63, 3.8) is 0 Å². The number of nitrogens with one attached hydrogen (secondary N) is 1. The Morgan fingerprint density at radius 1 is 1.50 bits per heavy atom. The molecular weight excluding hydrogens is 202 g/mol. The third-order valence-corrected chi connectivity index (χ3v) is 3.60. The Morgan fingerprint density at radius 3 is 2.86 bits per heavy atom. The van der Waals surface area contributed by atoms with Crippen molar-refractivity contribution in [1.29, 1.82) is 0 Å². The summed E-state index contributed by atoms with van der Waals surface area (Å²) >= 11 is 0. The van der Waals surface area contributed by atoms with E-state index in [2.05, 4.69) is 5.32 Å². The summed E-state index contributed by atoms with van der Waals surface area (Å²) in [6.07, 6.45) is 5.11. The predicted octanol–water partition coefficient (Wildman–Crippen LogP) is 1.66. The zero-order valence-corrected chi connectivity index (χ0v) is 9.11. The minimum absolute atomic E-state index is 0. The molecule has 2 unspecified atom stereocenters. The molecule has 0 aromatic heterocycles. The van der Waals surface area contributed by atoms with E-state index in [1.165, 1.54) is 12.8 Å². The predicted molar refractivity (Wildman–Crippen MR) is 56.8 cm³/mol. The molecule has 0 aromatic carbocycles. The quantitative estimate of drug-likeness (QED) is 0.743. The molecule has 1 saturated heterocycles. The molecule has 14 heavy (non-hydrogen) atoms. The molecular formula is C10H18ClNO2. The summed E-state index contributed by atoms with van der Waals surface area (Å²) < 4.78 is 0. The lowest BCUT2D eigenvalue weighted by Gasteiger charge is -2.21. The van der Waals surface area contributed by atoms with Gasteiger partial charge >= 0.3 is 5.97 Å². The van der Waals surface area contributed by atoms with Crippen LogP contribution < -0.4 is 5.32 Å². The fourth-order valence-corrected chi connectivity index (χ4v) is 2.93. The van der Waals surface area contributed by atoms with Gasteiger partial charge in [0.05, 0.1) is 0 Å². The number of halogens is 1. The molecule has 1 heterocycles. The molecule has 3 nitrogen and oxygen atoms in total. The molecule has 0 radical (unpaired) electrons. The fraction of sp³-hybridized carbons (Fsp3) is 0.900. The van der Waals surface area contributed by atoms with Crippen molar-refractivity contribution in [2.24, 2.45) is 11.3 Å². The smallest absolute Gasteiger partial charge is 0.303 e. The van der Waals surface area contributed by atoms with E-state index in [0.717, 1.165) is 25.9 Å². The first kappa shape index (κ1) is 11.8. The zero-order chi connectivity index (χ0) is 9.31. The van der Waals surface area contributed by atoms with Crippen molar-refractivity contribution in [3.05, 3.63) is 0 Å². The average molecular weight is 220 g/mol. The molecule has 2 atom stereocenters. The van der Waals surface area contributed by atoms with Gasteiger partial charge in [0.25, 0.3) is 0 Å². The van der Waals surface area contributed by atoms with Gasteiger partial charge in [-0.3, -0.25) is 4.79 Å². The third-order valence-electron chi connectivity index (χ3n) is 3.60. The van der Waals surface area contributed by atoms with Gasteiger partial charge in [0.2, 0.25) is 0 Å². The number of carbonyl (C=O) groups is 1. The van der Waals surface area contributed by atoms with Gasteiger partial charge in [-0.2, -0.15) is 0 Å². The highest BCUT2D eigenvalue weighted by Gasteiger charge is 2.41. The van der Waals surface area contributed by atoms with E-state index in [0.29, 0.717) is 17.8 Å². The molecule has 1 aliphatic carbocycles. The standard InChI is InChI=1S/C10H17NO2.ClH/c12-9(13)5-8-1-2-10(6-8)3-4-11-7-10;/h8,11H,1-7H2,(H,12,13);1H. The van der Waals surface area contributed by atoms with Crippen molar-refractivity contribution in [2.45, 2.75) is 32.1 Å². The van der Waals surface area contributed by atoms with Crippen LogP contribution in [0.15, 0.2) is 0 Å². The molecule has 0 bridgehead atoms. The normalized spacial score (nSPS) is 35.9. The van der Waals surface area contributed by atoms with Gasteiger partial charge in [-0.1, -0.05) is 0 Å². The second kappa shape index (κ2) is 4.49. The second-order valence-electron chi connectivity index (χ2n) is 4.63. The summed E-state index contributed by atoms with van der Waals surface area (Å²) in [5, 5.41) is 12.1. The summed E-state index contributed by atoms with van der Waals surface area (Å²) in [6.45, 7) is 2.24. The van der Waals surface area contributed by atoms with Crippen molar-refractivity contribution in [2.75, 3.05) is 13.1 Å². The largest absolute Gasteiger partial charge is 0.481 e. The van der Waals surface area contributed by atoms with E-state index in [1.807, 2.05) is 0 Å². The molecule has 2 rings (SSSR count). The monoisotopic (exact) mass is 219 g/mol. The van der Waals surface area contributed by atoms with Crippen LogP contribution in [0.3, 0.4) is 0 Å². The first-order valence-corrected chi connectivity index (χ1v) is 5.13. The lowest BCUT2D eigenvalue weighted by molar-refractivity contribution is -0.138. The van der Waals surface area contributed by atoms with Gasteiger partial charge in [-0.25, -0.2) is 0 Å². The van der Waals surface area contributed by atoms with Crippen LogP contribution in [0.2, 0.25) is 0 Å². The summed E-state index contributed by atoms with van der Waals surface area (Å²) in [4.78, 5) is 10.5. The molecule has 2 fully saturated rings. The van der Waals surface area contributed by atoms with Gasteiger partial charge in [0.15, 0.2) is 0 Å². The summed E-state index contributed by atoms with van der Waals surface area (Å²) in [6, 6.07) is 0. The van der Waals surface area contributed by atoms with Gasteiger partial charge < -0.3 is 10.4 Å². The van der Waals surface area contributed by atoms with Crippen LogP contribution in [0.25, 0.3) is 0 Å². The minimum atomic E-state index is -0.631. The topological polar surface area (TPSA) is 49.3 Å². The molecule has 2 N–H and O–H groups in total. The average Bonchev–Trinajstić information content (AvgIpc) is 2.63. The number of hydrogen-bond acceptors (Lipinski definition) is 2. The number of rotatable bonds is 2. The van der Waals surface area contributed by atoms with Crippen LogP contribution in [0.1, 0.15) is 32.1 Å². The van der Waals surface area contributed by atoms with E-state index < -0.39 is 5.97 Å². The molecule has 82 valence electrons. The van der Waals surface area contributed by atoms with Gasteiger partial charge in [-0.05, 0) is 43.6 Å². The highest BCUT2D eigenvalue weighted by atomic mass is 35.5. The van der Waals surface area contributed by atoms with Crippen molar-refractivity contribution < 1.29 is 9.90 Å². The lowest BCUT2D eigenvalue weighted by Crippen LogP contribution is -2.20. The van der Waals surface area contributed by atoms with Crippen molar-refractivity contribution in [3.8, 4) is 0 Å². The summed E-state index contributed by atoms with van der Waals surface area (Å²) in [5.41, 5.74) is 0.472. The van der Waals surface area contributed by atoms with Crippen LogP contribution in [0, 0.1) is 11.3 Å². The maximum absolute atomic E-state index is 10.5. The van der Waals surface area contributed by atoms with Gasteiger partial charge in [0.1, 0.15) is 0 Å². The third kappa shape index (κ3) is 2.39. The Labute approximate surface area is 90.7 Å². The molecule has 0 amide bonds. The Bertz CT molecular complexity index is 214. The van der Waals surface area contributed by atoms with E-state index >= 15 is 0 Å². The summed E-state index contributed by atoms with van der Waals surface area (Å²) in [7, 11) is 0. The second-order valence-corrected chi connectivity index (χ2v) is 4.63. The Hall–Kier alpha value is -0.280.